The summed E-state index contributed by atoms with van der Waals surface area (Å²) in [5.74, 6) is 0.920. The molecule has 0 aliphatic heterocycles. The molecule has 2 aliphatic carbocycles. The van der Waals surface area contributed by atoms with Crippen LogP contribution in [0.25, 0.3) is 11.1 Å². The van der Waals surface area contributed by atoms with Crippen molar-refractivity contribution >= 4 is 0 Å². The van der Waals surface area contributed by atoms with Gasteiger partial charge >= 0.3 is 0 Å². The first-order valence-corrected chi connectivity index (χ1v) is 6.00. The lowest BCUT2D eigenvalue weighted by Gasteiger charge is -2.16. The molecule has 1 heteroatoms. The van der Waals surface area contributed by atoms with E-state index in [1.54, 1.807) is 7.11 Å². The van der Waals surface area contributed by atoms with E-state index in [0.717, 1.165) is 5.75 Å². The van der Waals surface area contributed by atoms with Crippen molar-refractivity contribution in [3.8, 4) is 16.9 Å². The summed E-state index contributed by atoms with van der Waals surface area (Å²) in [6, 6.07) is 10.9. The number of hydrogen-bond acceptors (Lipinski definition) is 1. The zero-order chi connectivity index (χ0) is 12.6. The monoisotopic (exact) mass is 228 g/mol. The van der Waals surface area contributed by atoms with Gasteiger partial charge in [0.05, 0.1) is 7.11 Å². The van der Waals surface area contributed by atoms with Gasteiger partial charge in [-0.2, -0.15) is 0 Å². The lowest BCUT2D eigenvalue weighted by atomic mass is 9.89. The van der Waals surface area contributed by atoms with Gasteiger partial charge in [0, 0.05) is 0 Å². The zero-order valence-electron chi connectivity index (χ0n) is 11.3. The first-order chi connectivity index (χ1) is 7.90. The van der Waals surface area contributed by atoms with E-state index in [4.69, 9.17) is 4.74 Å². The van der Waals surface area contributed by atoms with E-state index in [2.05, 4.69) is 58.0 Å². The van der Waals surface area contributed by atoms with Gasteiger partial charge in [0.25, 0.3) is 0 Å². The first-order valence-electron chi connectivity index (χ1n) is 6.00. The van der Waals surface area contributed by atoms with Crippen LogP contribution in [-0.2, 0) is 5.41 Å². The van der Waals surface area contributed by atoms with Gasteiger partial charge in [0.2, 0.25) is 0 Å². The molecule has 0 saturated carbocycles. The molecule has 0 spiro atoms. The average Bonchev–Trinajstić information content (AvgIpc) is 2.53. The third kappa shape index (κ3) is 2.44. The second-order valence-corrected chi connectivity index (χ2v) is 5.69. The van der Waals surface area contributed by atoms with Gasteiger partial charge in [0.1, 0.15) is 5.75 Å². The Morgan fingerprint density at radius 1 is 0.882 bits per heavy atom. The fourth-order valence-corrected chi connectivity index (χ4v) is 2.05. The molecule has 0 heterocycles. The van der Waals surface area contributed by atoms with Gasteiger partial charge in [-0.15, -0.1) is 0 Å². The third-order valence-electron chi connectivity index (χ3n) is 3.11. The molecular formula is C16H20O. The molecule has 0 saturated heterocycles. The van der Waals surface area contributed by atoms with Crippen molar-refractivity contribution < 1.29 is 4.74 Å². The molecule has 0 atom stereocenters. The van der Waals surface area contributed by atoms with Gasteiger partial charge in [-0.25, -0.2) is 0 Å². The smallest absolute Gasteiger partial charge is 0.119 e. The van der Waals surface area contributed by atoms with Crippen LogP contribution in [0.4, 0.5) is 0 Å². The van der Waals surface area contributed by atoms with Crippen molar-refractivity contribution in [1.82, 2.24) is 0 Å². The Labute approximate surface area is 104 Å². The van der Waals surface area contributed by atoms with Crippen LogP contribution in [0.15, 0.2) is 30.3 Å². The molecule has 0 aromatic heterocycles. The van der Waals surface area contributed by atoms with E-state index in [1.807, 2.05) is 0 Å². The van der Waals surface area contributed by atoms with Crippen LogP contribution in [-0.4, -0.2) is 7.11 Å². The average molecular weight is 228 g/mol. The van der Waals surface area contributed by atoms with Gasteiger partial charge < -0.3 is 4.74 Å². The van der Waals surface area contributed by atoms with E-state index in [0.29, 0.717) is 0 Å². The predicted molar refractivity (Wildman–Crippen MR) is 73.1 cm³/mol. The summed E-state index contributed by atoms with van der Waals surface area (Å²) in [6.45, 7) is 8.83. The lowest BCUT2D eigenvalue weighted by Crippen LogP contribution is -2.08. The zero-order valence-corrected chi connectivity index (χ0v) is 11.3. The third-order valence-corrected chi connectivity index (χ3v) is 3.11. The molecule has 2 rings (SSSR count). The summed E-state index contributed by atoms with van der Waals surface area (Å²) in [6.07, 6.45) is 0. The summed E-state index contributed by atoms with van der Waals surface area (Å²) in [7, 11) is 1.72. The molecule has 17 heavy (non-hydrogen) atoms. The molecule has 1 nitrogen and oxygen atoms in total. The van der Waals surface area contributed by atoms with Gasteiger partial charge in [-0.05, 0) is 46.7 Å². The fraction of sp³-hybridized carbons (Fsp3) is 0.375. The van der Waals surface area contributed by atoms with Crippen LogP contribution in [0.1, 0.15) is 31.9 Å². The Hall–Kier alpha value is -1.50. The maximum Gasteiger partial charge on any atom is 0.119 e. The van der Waals surface area contributed by atoms with E-state index >= 15 is 0 Å². The standard InChI is InChI=1S/C16H20O/c1-11-6-12-8-14(16(2,3)4)9-13(12)10-15(7-11)17-5/h6-10H,1-5H3. The maximum atomic E-state index is 5.36. The molecule has 0 radical (unpaired) electrons. The highest BCUT2D eigenvalue weighted by Gasteiger charge is 2.17. The molecule has 0 aromatic rings. The minimum atomic E-state index is 0.193. The lowest BCUT2D eigenvalue weighted by molar-refractivity contribution is 0.415. The Bertz CT molecular complexity index is 506. The van der Waals surface area contributed by atoms with Crippen molar-refractivity contribution in [1.29, 1.82) is 0 Å². The highest BCUT2D eigenvalue weighted by atomic mass is 16.5. The quantitative estimate of drug-likeness (QED) is 0.702. The summed E-state index contributed by atoms with van der Waals surface area (Å²) in [4.78, 5) is 0. The number of fused-ring (bicyclic) bond motifs is 1. The van der Waals surface area contributed by atoms with Crippen molar-refractivity contribution in [3.63, 3.8) is 0 Å². The van der Waals surface area contributed by atoms with Crippen LogP contribution < -0.4 is 4.74 Å². The predicted octanol–water partition coefficient (Wildman–Crippen LogP) is 4.41. The highest BCUT2D eigenvalue weighted by molar-refractivity contribution is 5.71. The number of hydrogen-bond donors (Lipinski definition) is 0. The normalized spacial score (nSPS) is 11.8. The molecular weight excluding hydrogens is 208 g/mol. The Morgan fingerprint density at radius 3 is 2.00 bits per heavy atom. The minimum absolute atomic E-state index is 0.193. The Morgan fingerprint density at radius 2 is 1.47 bits per heavy atom. The number of methoxy groups -OCH3 is 1. The molecule has 0 N–H and O–H groups in total. The summed E-state index contributed by atoms with van der Waals surface area (Å²) >= 11 is 0. The molecule has 0 fully saturated rings. The maximum absolute atomic E-state index is 5.36. The van der Waals surface area contributed by atoms with Crippen molar-refractivity contribution in [3.05, 3.63) is 41.5 Å². The molecule has 2 aliphatic rings. The first kappa shape index (κ1) is 12.0. The molecule has 0 amide bonds. The fourth-order valence-electron chi connectivity index (χ4n) is 2.05. The Balaban J connectivity index is 2.64. The second kappa shape index (κ2) is 4.06. The number of rotatable bonds is 1. The van der Waals surface area contributed by atoms with Crippen molar-refractivity contribution in [2.75, 3.05) is 7.11 Å². The van der Waals surface area contributed by atoms with Crippen LogP contribution in [0.5, 0.6) is 5.75 Å². The second-order valence-electron chi connectivity index (χ2n) is 5.69. The Kier molecular flexibility index (Phi) is 2.86. The summed E-state index contributed by atoms with van der Waals surface area (Å²) in [5, 5.41) is 0. The van der Waals surface area contributed by atoms with Gasteiger partial charge in [-0.1, -0.05) is 39.0 Å². The molecule has 0 unspecified atom stereocenters. The van der Waals surface area contributed by atoms with Gasteiger partial charge in [0.15, 0.2) is 0 Å². The van der Waals surface area contributed by atoms with E-state index < -0.39 is 0 Å². The highest BCUT2D eigenvalue weighted by Crippen LogP contribution is 2.34. The van der Waals surface area contributed by atoms with Gasteiger partial charge in [-0.3, -0.25) is 0 Å². The number of ether oxygens (including phenoxy) is 1. The van der Waals surface area contributed by atoms with Crippen LogP contribution in [0.2, 0.25) is 0 Å². The molecule has 90 valence electrons. The SMILES string of the molecule is COc1cc(C)cc2cc(C(C)(C)C)cc-2c1. The summed E-state index contributed by atoms with van der Waals surface area (Å²) in [5.41, 5.74) is 5.33. The topological polar surface area (TPSA) is 9.23 Å². The van der Waals surface area contributed by atoms with E-state index in [9.17, 15) is 0 Å². The van der Waals surface area contributed by atoms with Crippen LogP contribution >= 0.6 is 0 Å². The van der Waals surface area contributed by atoms with Crippen LogP contribution in [0, 0.1) is 6.92 Å². The van der Waals surface area contributed by atoms with Crippen LogP contribution in [0.3, 0.4) is 0 Å². The largest absolute Gasteiger partial charge is 0.497 e. The number of aryl methyl sites for hydroxylation is 1. The summed E-state index contributed by atoms with van der Waals surface area (Å²) < 4.78 is 5.36. The van der Waals surface area contributed by atoms with Crippen molar-refractivity contribution in [2.24, 2.45) is 0 Å². The molecule has 0 bridgehead atoms. The minimum Gasteiger partial charge on any atom is -0.497 e. The van der Waals surface area contributed by atoms with E-state index in [-0.39, 0.29) is 5.41 Å². The van der Waals surface area contributed by atoms with Crippen molar-refractivity contribution in [2.45, 2.75) is 33.1 Å². The molecule has 0 aromatic carbocycles. The van der Waals surface area contributed by atoms with E-state index in [1.165, 1.54) is 22.3 Å².